The van der Waals surface area contributed by atoms with Crippen LogP contribution >= 0.6 is 15.9 Å². The SMILES string of the molecule is CCc1cc(CS(=O)[O-])ccc1Br. The average Bonchev–Trinajstić information content (AvgIpc) is 2.07. The van der Waals surface area contributed by atoms with E-state index in [1.165, 1.54) is 0 Å². The third kappa shape index (κ3) is 3.21. The van der Waals surface area contributed by atoms with E-state index in [2.05, 4.69) is 15.9 Å². The van der Waals surface area contributed by atoms with Crippen molar-refractivity contribution in [3.8, 4) is 0 Å². The third-order valence-corrected chi connectivity index (χ3v) is 3.12. The van der Waals surface area contributed by atoms with Gasteiger partial charge in [0.15, 0.2) is 0 Å². The fourth-order valence-corrected chi connectivity index (χ4v) is 2.10. The Morgan fingerprint density at radius 3 is 2.77 bits per heavy atom. The molecule has 0 aliphatic heterocycles. The van der Waals surface area contributed by atoms with Crippen molar-refractivity contribution >= 4 is 27.0 Å². The molecule has 0 radical (unpaired) electrons. The molecule has 0 aliphatic carbocycles. The molecular formula is C9H10BrO2S-. The Balaban J connectivity index is 2.92. The smallest absolute Gasteiger partial charge is 0.0353 e. The Hall–Kier alpha value is -0.190. The summed E-state index contributed by atoms with van der Waals surface area (Å²) in [5.41, 5.74) is 1.98. The van der Waals surface area contributed by atoms with Gasteiger partial charge in [0.2, 0.25) is 0 Å². The highest BCUT2D eigenvalue weighted by molar-refractivity contribution is 9.10. The van der Waals surface area contributed by atoms with Gasteiger partial charge in [-0.2, -0.15) is 0 Å². The molecule has 0 heterocycles. The second-order valence-corrected chi connectivity index (χ2v) is 4.48. The van der Waals surface area contributed by atoms with E-state index >= 15 is 0 Å². The van der Waals surface area contributed by atoms with Crippen LogP contribution < -0.4 is 0 Å². The fraction of sp³-hybridized carbons (Fsp3) is 0.333. The molecule has 0 bridgehead atoms. The maximum absolute atomic E-state index is 10.4. The van der Waals surface area contributed by atoms with Gasteiger partial charge in [-0.25, -0.2) is 0 Å². The molecule has 72 valence electrons. The van der Waals surface area contributed by atoms with Crippen molar-refractivity contribution in [3.63, 3.8) is 0 Å². The highest BCUT2D eigenvalue weighted by atomic mass is 79.9. The van der Waals surface area contributed by atoms with Crippen molar-refractivity contribution in [2.75, 3.05) is 0 Å². The maximum Gasteiger partial charge on any atom is 0.0353 e. The summed E-state index contributed by atoms with van der Waals surface area (Å²) in [6.07, 6.45) is 0.903. The first-order valence-electron chi connectivity index (χ1n) is 3.96. The van der Waals surface area contributed by atoms with Crippen LogP contribution in [0.4, 0.5) is 0 Å². The molecule has 0 spiro atoms. The van der Waals surface area contributed by atoms with Gasteiger partial charge in [0.25, 0.3) is 0 Å². The number of hydrogen-bond donors (Lipinski definition) is 0. The lowest BCUT2D eigenvalue weighted by Crippen LogP contribution is -1.94. The summed E-state index contributed by atoms with van der Waals surface area (Å²) < 4.78 is 21.9. The first-order chi connectivity index (χ1) is 6.13. The Labute approximate surface area is 88.8 Å². The molecular weight excluding hydrogens is 252 g/mol. The molecule has 0 saturated heterocycles. The standard InChI is InChI=1S/C9H11BrO2S/c1-2-8-5-7(6-13(11)12)3-4-9(8)10/h3-5H,2,6H2,1H3,(H,11,12)/p-1. The van der Waals surface area contributed by atoms with Gasteiger partial charge in [0.1, 0.15) is 0 Å². The van der Waals surface area contributed by atoms with E-state index in [4.69, 9.17) is 0 Å². The van der Waals surface area contributed by atoms with Crippen molar-refractivity contribution < 1.29 is 8.76 Å². The number of hydrogen-bond acceptors (Lipinski definition) is 2. The van der Waals surface area contributed by atoms with Crippen molar-refractivity contribution in [2.45, 2.75) is 19.1 Å². The summed E-state index contributed by atoms with van der Waals surface area (Å²) in [6.45, 7) is 2.04. The van der Waals surface area contributed by atoms with Crippen molar-refractivity contribution in [2.24, 2.45) is 0 Å². The Morgan fingerprint density at radius 1 is 1.54 bits per heavy atom. The highest BCUT2D eigenvalue weighted by Crippen LogP contribution is 2.19. The van der Waals surface area contributed by atoms with E-state index in [1.807, 2.05) is 25.1 Å². The molecule has 0 amide bonds. The van der Waals surface area contributed by atoms with Crippen LogP contribution in [0.25, 0.3) is 0 Å². The van der Waals surface area contributed by atoms with Crippen molar-refractivity contribution in [1.82, 2.24) is 0 Å². The lowest BCUT2D eigenvalue weighted by atomic mass is 10.1. The van der Waals surface area contributed by atoms with Gasteiger partial charge in [-0.3, -0.25) is 4.21 Å². The monoisotopic (exact) mass is 261 g/mol. The molecule has 2 nitrogen and oxygen atoms in total. The van der Waals surface area contributed by atoms with Gasteiger partial charge in [0.05, 0.1) is 0 Å². The number of aryl methyl sites for hydroxylation is 1. The maximum atomic E-state index is 10.4. The van der Waals surface area contributed by atoms with Crippen LogP contribution in [0.15, 0.2) is 22.7 Å². The van der Waals surface area contributed by atoms with Crippen LogP contribution in [0, 0.1) is 0 Å². The summed E-state index contributed by atoms with van der Waals surface area (Å²) in [7, 11) is 0. The molecule has 1 aromatic carbocycles. The molecule has 1 aromatic rings. The normalized spacial score (nSPS) is 12.8. The van der Waals surface area contributed by atoms with Gasteiger partial charge >= 0.3 is 0 Å². The fourth-order valence-electron chi connectivity index (χ4n) is 1.12. The van der Waals surface area contributed by atoms with Crippen LogP contribution in [-0.2, 0) is 23.3 Å². The molecule has 0 aliphatic rings. The van der Waals surface area contributed by atoms with Gasteiger partial charge in [-0.15, -0.1) is 0 Å². The van der Waals surface area contributed by atoms with Crippen molar-refractivity contribution in [1.29, 1.82) is 0 Å². The largest absolute Gasteiger partial charge is 0.772 e. The highest BCUT2D eigenvalue weighted by Gasteiger charge is 1.99. The van der Waals surface area contributed by atoms with Crippen LogP contribution in [-0.4, -0.2) is 8.76 Å². The first kappa shape index (κ1) is 10.9. The predicted octanol–water partition coefficient (Wildman–Crippen LogP) is 2.39. The second-order valence-electron chi connectivity index (χ2n) is 2.73. The summed E-state index contributed by atoms with van der Waals surface area (Å²) in [6, 6.07) is 5.62. The molecule has 0 N–H and O–H groups in total. The van der Waals surface area contributed by atoms with E-state index in [0.29, 0.717) is 0 Å². The molecule has 0 saturated carbocycles. The van der Waals surface area contributed by atoms with E-state index in [1.54, 1.807) is 0 Å². The summed E-state index contributed by atoms with van der Waals surface area (Å²) in [4.78, 5) is 0. The summed E-state index contributed by atoms with van der Waals surface area (Å²) in [5, 5.41) is 0. The zero-order chi connectivity index (χ0) is 9.84. The minimum absolute atomic E-state index is 0.0975. The molecule has 13 heavy (non-hydrogen) atoms. The Bertz CT molecular complexity index is 325. The van der Waals surface area contributed by atoms with Crippen LogP contribution in [0.1, 0.15) is 18.1 Å². The zero-order valence-electron chi connectivity index (χ0n) is 7.25. The van der Waals surface area contributed by atoms with Gasteiger partial charge < -0.3 is 4.55 Å². The Morgan fingerprint density at radius 2 is 2.23 bits per heavy atom. The van der Waals surface area contributed by atoms with Gasteiger partial charge in [0, 0.05) is 10.2 Å². The predicted molar refractivity (Wildman–Crippen MR) is 56.1 cm³/mol. The number of rotatable bonds is 3. The topological polar surface area (TPSA) is 40.1 Å². The van der Waals surface area contributed by atoms with Crippen LogP contribution in [0.5, 0.6) is 0 Å². The average molecular weight is 262 g/mol. The molecule has 1 unspecified atom stereocenters. The van der Waals surface area contributed by atoms with E-state index < -0.39 is 11.1 Å². The molecule has 4 heteroatoms. The molecule has 1 atom stereocenters. The Kier molecular flexibility index (Phi) is 4.09. The van der Waals surface area contributed by atoms with Gasteiger partial charge in [-0.1, -0.05) is 46.1 Å². The molecule has 1 rings (SSSR count). The molecule has 0 aromatic heterocycles. The first-order valence-corrected chi connectivity index (χ1v) is 6.00. The number of benzene rings is 1. The number of halogens is 1. The minimum atomic E-state index is -2.00. The second kappa shape index (κ2) is 4.88. The van der Waals surface area contributed by atoms with Crippen LogP contribution in [0.3, 0.4) is 0 Å². The van der Waals surface area contributed by atoms with E-state index in [9.17, 15) is 8.76 Å². The van der Waals surface area contributed by atoms with Crippen molar-refractivity contribution in [3.05, 3.63) is 33.8 Å². The van der Waals surface area contributed by atoms with E-state index in [-0.39, 0.29) is 5.75 Å². The third-order valence-electron chi connectivity index (χ3n) is 1.78. The lowest BCUT2D eigenvalue weighted by molar-refractivity contribution is 0.536. The summed E-state index contributed by atoms with van der Waals surface area (Å²) in [5.74, 6) is 0.0975. The minimum Gasteiger partial charge on any atom is -0.772 e. The van der Waals surface area contributed by atoms with Crippen LogP contribution in [0.2, 0.25) is 0 Å². The quantitative estimate of drug-likeness (QED) is 0.785. The summed E-state index contributed by atoms with van der Waals surface area (Å²) >= 11 is 1.40. The zero-order valence-corrected chi connectivity index (χ0v) is 9.65. The lowest BCUT2D eigenvalue weighted by Gasteiger charge is -2.07. The van der Waals surface area contributed by atoms with Gasteiger partial charge in [-0.05, 0) is 23.6 Å². The van der Waals surface area contributed by atoms with E-state index in [0.717, 1.165) is 22.0 Å². The molecule has 0 fully saturated rings.